The number of carbonyl (C=O) groups is 1. The summed E-state index contributed by atoms with van der Waals surface area (Å²) >= 11 is 0. The normalized spacial score (nSPS) is 14.9. The average Bonchev–Trinajstić information content (AvgIpc) is 2.29. The summed E-state index contributed by atoms with van der Waals surface area (Å²) in [4.78, 5) is 12.4. The quantitative estimate of drug-likeness (QED) is 0.860. The molecule has 0 fully saturated rings. The molecule has 0 saturated carbocycles. The highest BCUT2D eigenvalue weighted by Crippen LogP contribution is 2.29. The van der Waals surface area contributed by atoms with E-state index in [9.17, 15) is 22.4 Å². The molecule has 0 bridgehead atoms. The topological polar surface area (TPSA) is 46.3 Å². The Kier molecular flexibility index (Phi) is 4.19. The van der Waals surface area contributed by atoms with E-state index >= 15 is 0 Å². The molecule has 1 amide bonds. The van der Waals surface area contributed by atoms with Crippen molar-refractivity contribution in [1.29, 1.82) is 0 Å². The van der Waals surface area contributed by atoms with Crippen LogP contribution < -0.4 is 5.73 Å². The van der Waals surface area contributed by atoms with E-state index in [0.29, 0.717) is 6.92 Å². The maximum Gasteiger partial charge on any atom is 0.415 e. The van der Waals surface area contributed by atoms with Crippen molar-refractivity contribution in [2.75, 3.05) is 7.05 Å². The first-order valence-electron chi connectivity index (χ1n) is 5.42. The third-order valence-electron chi connectivity index (χ3n) is 2.75. The first kappa shape index (κ1) is 15.4. The molecule has 19 heavy (non-hydrogen) atoms. The lowest BCUT2D eigenvalue weighted by Gasteiger charge is -2.30. The Balaban J connectivity index is 2.88. The molecule has 0 aromatic heterocycles. The van der Waals surface area contributed by atoms with Gasteiger partial charge in [-0.3, -0.25) is 4.79 Å². The number of hydrogen-bond donors (Lipinski definition) is 1. The molecule has 2 N–H and O–H groups in total. The van der Waals surface area contributed by atoms with Gasteiger partial charge in [-0.1, -0.05) is 18.2 Å². The van der Waals surface area contributed by atoms with Crippen LogP contribution in [-0.2, 0) is 11.3 Å². The van der Waals surface area contributed by atoms with Crippen LogP contribution in [0.1, 0.15) is 12.5 Å². The fourth-order valence-corrected chi connectivity index (χ4v) is 1.47. The van der Waals surface area contributed by atoms with Gasteiger partial charge in [0.25, 0.3) is 5.91 Å². The summed E-state index contributed by atoms with van der Waals surface area (Å²) in [5.41, 5.74) is 2.15. The zero-order valence-corrected chi connectivity index (χ0v) is 10.5. The Bertz CT molecular complexity index is 471. The molecule has 7 heteroatoms. The molecule has 0 aliphatic rings. The standard InChI is InChI=1S/C12H14F4N2O/c1-11(17,12(14,15)16)10(19)18(2)7-8-5-3-4-6-9(8)13/h3-6H,7,17H2,1-2H3. The van der Waals surface area contributed by atoms with Crippen LogP contribution in [0, 0.1) is 5.82 Å². The van der Waals surface area contributed by atoms with Gasteiger partial charge >= 0.3 is 6.18 Å². The summed E-state index contributed by atoms with van der Waals surface area (Å²) in [6, 6.07) is 5.53. The highest BCUT2D eigenvalue weighted by molar-refractivity contribution is 5.86. The van der Waals surface area contributed by atoms with Crippen LogP contribution in [0.4, 0.5) is 17.6 Å². The van der Waals surface area contributed by atoms with Crippen molar-refractivity contribution in [3.05, 3.63) is 35.6 Å². The highest BCUT2D eigenvalue weighted by Gasteiger charge is 2.54. The highest BCUT2D eigenvalue weighted by atomic mass is 19.4. The SMILES string of the molecule is CN(Cc1ccccc1F)C(=O)C(C)(N)C(F)(F)F. The molecular weight excluding hydrogens is 264 g/mol. The summed E-state index contributed by atoms with van der Waals surface area (Å²) in [7, 11) is 1.14. The number of nitrogens with two attached hydrogens (primary N) is 1. The zero-order chi connectivity index (χ0) is 14.8. The van der Waals surface area contributed by atoms with Crippen LogP contribution in [0.5, 0.6) is 0 Å². The van der Waals surface area contributed by atoms with Gasteiger partial charge in [0.2, 0.25) is 0 Å². The number of benzene rings is 1. The molecule has 0 saturated heterocycles. The van der Waals surface area contributed by atoms with Crippen molar-refractivity contribution >= 4 is 5.91 Å². The zero-order valence-electron chi connectivity index (χ0n) is 10.5. The summed E-state index contributed by atoms with van der Waals surface area (Å²) in [5, 5.41) is 0. The number of halogens is 4. The van der Waals surface area contributed by atoms with Crippen LogP contribution in [-0.4, -0.2) is 29.6 Å². The van der Waals surface area contributed by atoms with Gasteiger partial charge < -0.3 is 10.6 Å². The lowest BCUT2D eigenvalue weighted by Crippen LogP contribution is -2.61. The fraction of sp³-hybridized carbons (Fsp3) is 0.417. The Hall–Kier alpha value is -1.63. The van der Waals surface area contributed by atoms with E-state index in [4.69, 9.17) is 5.73 Å². The van der Waals surface area contributed by atoms with E-state index in [0.717, 1.165) is 11.9 Å². The predicted molar refractivity (Wildman–Crippen MR) is 61.5 cm³/mol. The molecule has 0 aliphatic heterocycles. The maximum absolute atomic E-state index is 13.4. The Morgan fingerprint density at radius 3 is 2.32 bits per heavy atom. The summed E-state index contributed by atoms with van der Waals surface area (Å²) in [6.07, 6.45) is -4.87. The third kappa shape index (κ3) is 3.23. The molecule has 0 spiro atoms. The lowest BCUT2D eigenvalue weighted by atomic mass is 10.0. The number of carbonyl (C=O) groups excluding carboxylic acids is 1. The number of nitrogens with zero attached hydrogens (tertiary/aromatic N) is 1. The van der Waals surface area contributed by atoms with E-state index in [-0.39, 0.29) is 12.1 Å². The Morgan fingerprint density at radius 2 is 1.84 bits per heavy atom. The molecule has 1 aromatic rings. The van der Waals surface area contributed by atoms with Gasteiger partial charge in [-0.05, 0) is 13.0 Å². The molecule has 0 aliphatic carbocycles. The largest absolute Gasteiger partial charge is 0.415 e. The van der Waals surface area contributed by atoms with Crippen molar-refractivity contribution in [3.8, 4) is 0 Å². The summed E-state index contributed by atoms with van der Waals surface area (Å²) in [6.45, 7) is 0.307. The van der Waals surface area contributed by atoms with Gasteiger partial charge in [0.15, 0.2) is 5.54 Å². The van der Waals surface area contributed by atoms with Gasteiger partial charge in [-0.2, -0.15) is 13.2 Å². The van der Waals surface area contributed by atoms with E-state index in [2.05, 4.69) is 0 Å². The molecule has 1 rings (SSSR count). The monoisotopic (exact) mass is 278 g/mol. The minimum Gasteiger partial charge on any atom is -0.339 e. The third-order valence-corrected chi connectivity index (χ3v) is 2.75. The second-order valence-electron chi connectivity index (χ2n) is 4.45. The molecule has 1 unspecified atom stereocenters. The number of amides is 1. The molecule has 3 nitrogen and oxygen atoms in total. The van der Waals surface area contributed by atoms with E-state index in [1.54, 1.807) is 0 Å². The predicted octanol–water partition coefficient (Wildman–Crippen LogP) is 2.06. The van der Waals surface area contributed by atoms with Crippen LogP contribution in [0.2, 0.25) is 0 Å². The molecule has 0 heterocycles. The number of likely N-dealkylation sites (N-methyl/N-ethyl adjacent to an activating group) is 1. The maximum atomic E-state index is 13.4. The number of rotatable bonds is 3. The molecule has 0 radical (unpaired) electrons. The van der Waals surface area contributed by atoms with Crippen LogP contribution in [0.3, 0.4) is 0 Å². The first-order valence-corrected chi connectivity index (χ1v) is 5.42. The summed E-state index contributed by atoms with van der Waals surface area (Å²) in [5.74, 6) is -1.91. The fourth-order valence-electron chi connectivity index (χ4n) is 1.47. The van der Waals surface area contributed by atoms with Crippen molar-refractivity contribution in [3.63, 3.8) is 0 Å². The van der Waals surface area contributed by atoms with Gasteiger partial charge in [0.05, 0.1) is 0 Å². The smallest absolute Gasteiger partial charge is 0.339 e. The molecule has 1 atom stereocenters. The number of hydrogen-bond acceptors (Lipinski definition) is 2. The second-order valence-corrected chi connectivity index (χ2v) is 4.45. The Labute approximate surface area is 108 Å². The van der Waals surface area contributed by atoms with Crippen LogP contribution >= 0.6 is 0 Å². The van der Waals surface area contributed by atoms with Crippen molar-refractivity contribution in [2.24, 2.45) is 5.73 Å². The van der Waals surface area contributed by atoms with E-state index in [1.807, 2.05) is 0 Å². The minimum atomic E-state index is -4.87. The van der Waals surface area contributed by atoms with Crippen LogP contribution in [0.15, 0.2) is 24.3 Å². The van der Waals surface area contributed by atoms with Gasteiger partial charge in [-0.25, -0.2) is 4.39 Å². The molecule has 1 aromatic carbocycles. The summed E-state index contributed by atoms with van der Waals surface area (Å²) < 4.78 is 51.2. The Morgan fingerprint density at radius 1 is 1.32 bits per heavy atom. The average molecular weight is 278 g/mol. The van der Waals surface area contributed by atoms with Gasteiger partial charge in [-0.15, -0.1) is 0 Å². The second kappa shape index (κ2) is 5.16. The molecule has 106 valence electrons. The van der Waals surface area contributed by atoms with Crippen molar-refractivity contribution in [2.45, 2.75) is 25.2 Å². The lowest BCUT2D eigenvalue weighted by molar-refractivity contribution is -0.193. The molecular formula is C12H14F4N2O. The van der Waals surface area contributed by atoms with Gasteiger partial charge in [0.1, 0.15) is 5.82 Å². The number of alkyl halides is 3. The first-order chi connectivity index (χ1) is 8.57. The van der Waals surface area contributed by atoms with Crippen molar-refractivity contribution in [1.82, 2.24) is 4.90 Å². The van der Waals surface area contributed by atoms with Gasteiger partial charge in [0, 0.05) is 19.2 Å². The van der Waals surface area contributed by atoms with E-state index < -0.39 is 23.4 Å². The van der Waals surface area contributed by atoms with Crippen molar-refractivity contribution < 1.29 is 22.4 Å². The van der Waals surface area contributed by atoms with E-state index in [1.165, 1.54) is 24.3 Å². The minimum absolute atomic E-state index is 0.122. The van der Waals surface area contributed by atoms with Crippen LogP contribution in [0.25, 0.3) is 0 Å².